The molecule has 1 aromatic rings. The normalized spacial score (nSPS) is 15.3. The van der Waals surface area contributed by atoms with E-state index in [9.17, 15) is 0 Å². The molecule has 0 atom stereocenters. The van der Waals surface area contributed by atoms with Gasteiger partial charge in [-0.1, -0.05) is 18.2 Å². The lowest BCUT2D eigenvalue weighted by molar-refractivity contribution is 0.909. The van der Waals surface area contributed by atoms with E-state index >= 15 is 0 Å². The molecule has 0 fully saturated rings. The molecule has 4 heteroatoms. The SMILES string of the molecule is CCc1ccc(N2CCN=N2)nc1. The van der Waals surface area contributed by atoms with Crippen molar-refractivity contribution in [2.75, 3.05) is 18.1 Å². The van der Waals surface area contributed by atoms with Gasteiger partial charge in [0.2, 0.25) is 0 Å². The molecule has 0 aromatic carbocycles. The fraction of sp³-hybridized carbons (Fsp3) is 0.444. The van der Waals surface area contributed by atoms with Crippen LogP contribution in [0.2, 0.25) is 0 Å². The van der Waals surface area contributed by atoms with Gasteiger partial charge in [0.15, 0.2) is 0 Å². The highest BCUT2D eigenvalue weighted by atomic mass is 15.6. The third-order valence-corrected chi connectivity index (χ3v) is 2.06. The third-order valence-electron chi connectivity index (χ3n) is 2.06. The van der Waals surface area contributed by atoms with Crippen LogP contribution in [0.5, 0.6) is 0 Å². The van der Waals surface area contributed by atoms with Crippen LogP contribution < -0.4 is 5.01 Å². The van der Waals surface area contributed by atoms with E-state index in [1.807, 2.05) is 17.3 Å². The molecule has 0 saturated carbocycles. The van der Waals surface area contributed by atoms with Crippen molar-refractivity contribution in [2.24, 2.45) is 10.3 Å². The van der Waals surface area contributed by atoms with Crippen molar-refractivity contribution in [2.45, 2.75) is 13.3 Å². The zero-order valence-corrected chi connectivity index (χ0v) is 7.64. The highest BCUT2D eigenvalue weighted by molar-refractivity contribution is 5.38. The van der Waals surface area contributed by atoms with E-state index in [0.29, 0.717) is 0 Å². The van der Waals surface area contributed by atoms with Gasteiger partial charge in [-0.15, -0.1) is 0 Å². The molecule has 0 unspecified atom stereocenters. The van der Waals surface area contributed by atoms with Crippen LogP contribution in [0.15, 0.2) is 28.7 Å². The van der Waals surface area contributed by atoms with Crippen molar-refractivity contribution in [3.8, 4) is 0 Å². The zero-order chi connectivity index (χ0) is 9.10. The summed E-state index contributed by atoms with van der Waals surface area (Å²) in [4.78, 5) is 4.30. The van der Waals surface area contributed by atoms with Gasteiger partial charge in [-0.3, -0.25) is 0 Å². The first-order valence-corrected chi connectivity index (χ1v) is 4.50. The predicted molar refractivity (Wildman–Crippen MR) is 50.7 cm³/mol. The summed E-state index contributed by atoms with van der Waals surface area (Å²) < 4.78 is 0. The third kappa shape index (κ3) is 1.66. The molecule has 0 bridgehead atoms. The molecule has 0 saturated heterocycles. The fourth-order valence-corrected chi connectivity index (χ4v) is 1.24. The second-order valence-electron chi connectivity index (χ2n) is 2.96. The van der Waals surface area contributed by atoms with Crippen LogP contribution in [0.4, 0.5) is 5.82 Å². The summed E-state index contributed by atoms with van der Waals surface area (Å²) in [7, 11) is 0. The van der Waals surface area contributed by atoms with E-state index in [4.69, 9.17) is 0 Å². The van der Waals surface area contributed by atoms with Crippen LogP contribution in [0.1, 0.15) is 12.5 Å². The van der Waals surface area contributed by atoms with Gasteiger partial charge in [0.05, 0.1) is 13.1 Å². The minimum Gasteiger partial charge on any atom is -0.237 e. The highest BCUT2D eigenvalue weighted by Crippen LogP contribution is 2.14. The smallest absolute Gasteiger partial charge is 0.150 e. The number of aryl methyl sites for hydroxylation is 1. The lowest BCUT2D eigenvalue weighted by Crippen LogP contribution is -2.14. The van der Waals surface area contributed by atoms with Crippen LogP contribution in [0.25, 0.3) is 0 Å². The van der Waals surface area contributed by atoms with E-state index in [2.05, 4.69) is 28.3 Å². The molecule has 68 valence electrons. The average Bonchev–Trinajstić information content (AvgIpc) is 2.71. The number of rotatable bonds is 2. The fourth-order valence-electron chi connectivity index (χ4n) is 1.24. The molecular formula is C9H12N4. The van der Waals surface area contributed by atoms with Crippen molar-refractivity contribution >= 4 is 5.82 Å². The number of pyridine rings is 1. The minimum atomic E-state index is 0.775. The quantitative estimate of drug-likeness (QED) is 0.689. The second kappa shape index (κ2) is 3.51. The van der Waals surface area contributed by atoms with Gasteiger partial charge < -0.3 is 0 Å². The Morgan fingerprint density at radius 3 is 2.92 bits per heavy atom. The van der Waals surface area contributed by atoms with E-state index in [0.717, 1.165) is 25.3 Å². The molecule has 1 aromatic heterocycles. The van der Waals surface area contributed by atoms with Gasteiger partial charge in [0, 0.05) is 6.20 Å². The maximum Gasteiger partial charge on any atom is 0.150 e. The lowest BCUT2D eigenvalue weighted by atomic mass is 10.2. The predicted octanol–water partition coefficient (Wildman–Crippen LogP) is 1.83. The van der Waals surface area contributed by atoms with Gasteiger partial charge in [-0.05, 0) is 18.1 Å². The average molecular weight is 176 g/mol. The van der Waals surface area contributed by atoms with E-state index in [-0.39, 0.29) is 0 Å². The summed E-state index contributed by atoms with van der Waals surface area (Å²) in [5.74, 6) is 0.887. The maximum atomic E-state index is 4.30. The molecule has 1 aliphatic rings. The number of hydrogen-bond donors (Lipinski definition) is 0. The van der Waals surface area contributed by atoms with Crippen LogP contribution in [-0.4, -0.2) is 18.1 Å². The van der Waals surface area contributed by atoms with Gasteiger partial charge in [0.1, 0.15) is 5.82 Å². The summed E-state index contributed by atoms with van der Waals surface area (Å²) in [6.07, 6.45) is 2.91. The largest absolute Gasteiger partial charge is 0.237 e. The molecule has 13 heavy (non-hydrogen) atoms. The molecular weight excluding hydrogens is 164 g/mol. The Bertz CT molecular complexity index is 304. The van der Waals surface area contributed by atoms with E-state index in [1.54, 1.807) is 0 Å². The lowest BCUT2D eigenvalue weighted by Gasteiger charge is -2.09. The van der Waals surface area contributed by atoms with Crippen molar-refractivity contribution in [1.29, 1.82) is 0 Å². The first kappa shape index (κ1) is 8.16. The molecule has 0 aliphatic carbocycles. The number of aromatic nitrogens is 1. The maximum absolute atomic E-state index is 4.30. The molecule has 2 heterocycles. The second-order valence-corrected chi connectivity index (χ2v) is 2.96. The Labute approximate surface area is 77.3 Å². The van der Waals surface area contributed by atoms with Crippen LogP contribution in [-0.2, 0) is 6.42 Å². The summed E-state index contributed by atoms with van der Waals surface area (Å²) in [6.45, 7) is 3.74. The first-order valence-electron chi connectivity index (χ1n) is 4.50. The standard InChI is InChI=1S/C9H12N4/c1-2-8-3-4-9(10-7-8)13-6-5-11-12-13/h3-4,7H,2,5-6H2,1H3. The Morgan fingerprint density at radius 1 is 1.46 bits per heavy atom. The van der Waals surface area contributed by atoms with Crippen molar-refractivity contribution < 1.29 is 0 Å². The number of anilines is 1. The van der Waals surface area contributed by atoms with Gasteiger partial charge in [0.25, 0.3) is 0 Å². The highest BCUT2D eigenvalue weighted by Gasteiger charge is 2.09. The Hall–Kier alpha value is -1.45. The minimum absolute atomic E-state index is 0.775. The van der Waals surface area contributed by atoms with Gasteiger partial charge in [-0.2, -0.15) is 5.11 Å². The van der Waals surface area contributed by atoms with Crippen LogP contribution >= 0.6 is 0 Å². The molecule has 0 spiro atoms. The summed E-state index contributed by atoms with van der Waals surface area (Å²) in [5, 5.41) is 9.67. The van der Waals surface area contributed by atoms with Crippen molar-refractivity contribution in [3.63, 3.8) is 0 Å². The number of nitrogens with zero attached hydrogens (tertiary/aromatic N) is 4. The van der Waals surface area contributed by atoms with Crippen molar-refractivity contribution in [1.82, 2.24) is 4.98 Å². The molecule has 4 nitrogen and oxygen atoms in total. The molecule has 0 radical (unpaired) electrons. The van der Waals surface area contributed by atoms with E-state index in [1.165, 1.54) is 5.56 Å². The summed E-state index contributed by atoms with van der Waals surface area (Å²) in [6, 6.07) is 4.07. The molecule has 2 rings (SSSR count). The zero-order valence-electron chi connectivity index (χ0n) is 7.64. The van der Waals surface area contributed by atoms with E-state index < -0.39 is 0 Å². The monoisotopic (exact) mass is 176 g/mol. The first-order chi connectivity index (χ1) is 6.40. The molecule has 1 aliphatic heterocycles. The number of hydrogen-bond acceptors (Lipinski definition) is 4. The van der Waals surface area contributed by atoms with Crippen LogP contribution in [0, 0.1) is 0 Å². The Balaban J connectivity index is 2.17. The Kier molecular flexibility index (Phi) is 2.21. The molecule has 0 N–H and O–H groups in total. The van der Waals surface area contributed by atoms with Crippen LogP contribution in [0.3, 0.4) is 0 Å². The summed E-state index contributed by atoms with van der Waals surface area (Å²) in [5.41, 5.74) is 1.25. The van der Waals surface area contributed by atoms with Gasteiger partial charge >= 0.3 is 0 Å². The van der Waals surface area contributed by atoms with Gasteiger partial charge in [-0.25, -0.2) is 9.99 Å². The van der Waals surface area contributed by atoms with Crippen molar-refractivity contribution in [3.05, 3.63) is 23.9 Å². The topological polar surface area (TPSA) is 40.9 Å². The summed E-state index contributed by atoms with van der Waals surface area (Å²) >= 11 is 0. The molecule has 0 amide bonds. The Morgan fingerprint density at radius 2 is 2.38 bits per heavy atom.